The van der Waals surface area contributed by atoms with Gasteiger partial charge in [-0.1, -0.05) is 13.8 Å². The van der Waals surface area contributed by atoms with Crippen LogP contribution in [0.4, 0.5) is 4.39 Å². The minimum atomic E-state index is -0.400. The highest BCUT2D eigenvalue weighted by Gasteiger charge is 2.26. The van der Waals surface area contributed by atoms with E-state index in [1.165, 1.54) is 18.6 Å². The van der Waals surface area contributed by atoms with E-state index in [1.807, 2.05) is 0 Å². The van der Waals surface area contributed by atoms with Crippen LogP contribution in [0.1, 0.15) is 38.7 Å². The molecule has 1 aromatic carbocycles. The Kier molecular flexibility index (Phi) is 4.08. The standard InChI is InChI=1S/C15H21FN2O/c1-9-5-10(2)7-12(6-9)19-14-4-3-11(16)8-13(14)15(17)18/h3-4,8-10,12H,5-7H2,1-2H3,(H3,17,18). The molecule has 0 heterocycles. The second kappa shape index (κ2) is 5.59. The van der Waals surface area contributed by atoms with Crippen LogP contribution in [-0.4, -0.2) is 11.9 Å². The maximum atomic E-state index is 13.2. The summed E-state index contributed by atoms with van der Waals surface area (Å²) in [5.74, 6) is 1.22. The number of hydrogen-bond donors (Lipinski definition) is 2. The van der Waals surface area contributed by atoms with Crippen LogP contribution in [-0.2, 0) is 0 Å². The van der Waals surface area contributed by atoms with Gasteiger partial charge < -0.3 is 10.5 Å². The molecule has 2 rings (SSSR count). The first kappa shape index (κ1) is 13.8. The largest absolute Gasteiger partial charge is 0.490 e. The number of nitrogen functional groups attached to an aromatic ring is 1. The van der Waals surface area contributed by atoms with E-state index in [0.29, 0.717) is 23.1 Å². The van der Waals surface area contributed by atoms with Crippen LogP contribution < -0.4 is 10.5 Å². The van der Waals surface area contributed by atoms with Gasteiger partial charge in [0, 0.05) is 0 Å². The van der Waals surface area contributed by atoms with E-state index in [0.717, 1.165) is 12.8 Å². The lowest BCUT2D eigenvalue weighted by atomic mass is 9.82. The maximum Gasteiger partial charge on any atom is 0.130 e. The molecule has 1 aliphatic rings. The van der Waals surface area contributed by atoms with E-state index in [4.69, 9.17) is 15.9 Å². The van der Waals surface area contributed by atoms with Crippen molar-refractivity contribution in [3.8, 4) is 5.75 Å². The molecule has 1 aliphatic carbocycles. The number of nitrogens with one attached hydrogen (secondary N) is 1. The Labute approximate surface area is 113 Å². The minimum Gasteiger partial charge on any atom is -0.490 e. The predicted molar refractivity (Wildman–Crippen MR) is 74.0 cm³/mol. The van der Waals surface area contributed by atoms with Crippen molar-refractivity contribution in [3.63, 3.8) is 0 Å². The summed E-state index contributed by atoms with van der Waals surface area (Å²) in [7, 11) is 0. The molecule has 3 nitrogen and oxygen atoms in total. The molecule has 0 radical (unpaired) electrons. The second-order valence-corrected chi connectivity index (χ2v) is 5.71. The first-order valence-electron chi connectivity index (χ1n) is 6.76. The Balaban J connectivity index is 2.16. The van der Waals surface area contributed by atoms with Crippen molar-refractivity contribution >= 4 is 5.84 Å². The molecule has 1 fully saturated rings. The number of amidine groups is 1. The van der Waals surface area contributed by atoms with Gasteiger partial charge in [-0.05, 0) is 49.3 Å². The topological polar surface area (TPSA) is 59.1 Å². The summed E-state index contributed by atoms with van der Waals surface area (Å²) in [4.78, 5) is 0. The van der Waals surface area contributed by atoms with Crippen LogP contribution in [0.25, 0.3) is 0 Å². The van der Waals surface area contributed by atoms with Crippen molar-refractivity contribution in [1.29, 1.82) is 5.41 Å². The molecule has 3 N–H and O–H groups in total. The van der Waals surface area contributed by atoms with Crippen LogP contribution >= 0.6 is 0 Å². The quantitative estimate of drug-likeness (QED) is 0.650. The van der Waals surface area contributed by atoms with Gasteiger partial charge >= 0.3 is 0 Å². The van der Waals surface area contributed by atoms with E-state index in [9.17, 15) is 4.39 Å². The van der Waals surface area contributed by atoms with Crippen molar-refractivity contribution in [1.82, 2.24) is 0 Å². The average molecular weight is 264 g/mol. The normalized spacial score (nSPS) is 27.0. The summed E-state index contributed by atoms with van der Waals surface area (Å²) in [6.07, 6.45) is 3.35. The third-order valence-electron chi connectivity index (χ3n) is 3.66. The van der Waals surface area contributed by atoms with Crippen molar-refractivity contribution in [3.05, 3.63) is 29.6 Å². The summed E-state index contributed by atoms with van der Waals surface area (Å²) in [6, 6.07) is 4.17. The van der Waals surface area contributed by atoms with Crippen LogP contribution in [0, 0.1) is 23.1 Å². The zero-order valence-electron chi connectivity index (χ0n) is 11.4. The monoisotopic (exact) mass is 264 g/mol. The number of nitrogens with two attached hydrogens (primary N) is 1. The molecule has 19 heavy (non-hydrogen) atoms. The molecular weight excluding hydrogens is 243 g/mol. The van der Waals surface area contributed by atoms with Crippen LogP contribution in [0.5, 0.6) is 5.75 Å². The lowest BCUT2D eigenvalue weighted by molar-refractivity contribution is 0.101. The van der Waals surface area contributed by atoms with Crippen molar-refractivity contribution in [2.75, 3.05) is 0 Å². The Morgan fingerprint density at radius 2 is 1.89 bits per heavy atom. The van der Waals surface area contributed by atoms with Gasteiger partial charge in [-0.2, -0.15) is 0 Å². The number of ether oxygens (including phenoxy) is 1. The maximum absolute atomic E-state index is 13.2. The first-order valence-corrected chi connectivity index (χ1v) is 6.76. The second-order valence-electron chi connectivity index (χ2n) is 5.71. The van der Waals surface area contributed by atoms with Gasteiger partial charge in [-0.3, -0.25) is 5.41 Å². The fraction of sp³-hybridized carbons (Fsp3) is 0.533. The number of hydrogen-bond acceptors (Lipinski definition) is 2. The summed E-state index contributed by atoms with van der Waals surface area (Å²) in [6.45, 7) is 4.45. The van der Waals surface area contributed by atoms with Crippen molar-refractivity contribution in [2.24, 2.45) is 17.6 Å². The van der Waals surface area contributed by atoms with Gasteiger partial charge in [-0.15, -0.1) is 0 Å². The first-order chi connectivity index (χ1) is 8.95. The van der Waals surface area contributed by atoms with Crippen LogP contribution in [0.3, 0.4) is 0 Å². The number of halogens is 1. The third-order valence-corrected chi connectivity index (χ3v) is 3.66. The van der Waals surface area contributed by atoms with Gasteiger partial charge in [0.05, 0.1) is 11.7 Å². The minimum absolute atomic E-state index is 0.127. The molecule has 0 aliphatic heterocycles. The zero-order valence-corrected chi connectivity index (χ0v) is 11.4. The lowest BCUT2D eigenvalue weighted by Crippen LogP contribution is -2.29. The number of benzene rings is 1. The summed E-state index contributed by atoms with van der Waals surface area (Å²) in [5.41, 5.74) is 5.82. The van der Waals surface area contributed by atoms with E-state index in [2.05, 4.69) is 13.8 Å². The van der Waals surface area contributed by atoms with Crippen molar-refractivity contribution < 1.29 is 9.13 Å². The molecule has 1 saturated carbocycles. The predicted octanol–water partition coefficient (Wildman–Crippen LogP) is 3.31. The van der Waals surface area contributed by atoms with Crippen LogP contribution in [0.2, 0.25) is 0 Å². The van der Waals surface area contributed by atoms with E-state index >= 15 is 0 Å². The van der Waals surface area contributed by atoms with Gasteiger partial charge in [0.1, 0.15) is 17.4 Å². The lowest BCUT2D eigenvalue weighted by Gasteiger charge is -2.32. The Hall–Kier alpha value is -1.58. The molecule has 2 atom stereocenters. The Morgan fingerprint density at radius 3 is 2.47 bits per heavy atom. The highest BCUT2D eigenvalue weighted by molar-refractivity contribution is 5.97. The smallest absolute Gasteiger partial charge is 0.130 e. The Morgan fingerprint density at radius 1 is 1.26 bits per heavy atom. The Bertz CT molecular complexity index is 465. The van der Waals surface area contributed by atoms with Crippen LogP contribution in [0.15, 0.2) is 18.2 Å². The molecule has 1 aromatic rings. The van der Waals surface area contributed by atoms with Crippen molar-refractivity contribution in [2.45, 2.75) is 39.2 Å². The highest BCUT2D eigenvalue weighted by Crippen LogP contribution is 2.32. The third kappa shape index (κ3) is 3.46. The molecule has 0 amide bonds. The summed E-state index contributed by atoms with van der Waals surface area (Å²) in [5, 5.41) is 7.50. The summed E-state index contributed by atoms with van der Waals surface area (Å²) >= 11 is 0. The molecule has 4 heteroatoms. The van der Waals surface area contributed by atoms with Gasteiger partial charge in [0.15, 0.2) is 0 Å². The zero-order chi connectivity index (χ0) is 14.0. The van der Waals surface area contributed by atoms with Gasteiger partial charge in [0.25, 0.3) is 0 Å². The fourth-order valence-electron chi connectivity index (χ4n) is 2.96. The molecule has 0 spiro atoms. The summed E-state index contributed by atoms with van der Waals surface area (Å²) < 4.78 is 19.2. The van der Waals surface area contributed by atoms with E-state index < -0.39 is 5.82 Å². The van der Waals surface area contributed by atoms with Gasteiger partial charge in [-0.25, -0.2) is 4.39 Å². The fourth-order valence-corrected chi connectivity index (χ4v) is 2.96. The van der Waals surface area contributed by atoms with Gasteiger partial charge in [0.2, 0.25) is 0 Å². The van der Waals surface area contributed by atoms with E-state index in [1.54, 1.807) is 6.07 Å². The molecular formula is C15H21FN2O. The molecule has 104 valence electrons. The SMILES string of the molecule is CC1CC(C)CC(Oc2ccc(F)cc2C(=N)N)C1. The molecule has 0 saturated heterocycles. The molecule has 2 unspecified atom stereocenters. The molecule has 0 bridgehead atoms. The van der Waals surface area contributed by atoms with E-state index in [-0.39, 0.29) is 11.9 Å². The highest BCUT2D eigenvalue weighted by atomic mass is 19.1. The average Bonchev–Trinajstić information content (AvgIpc) is 2.30. The number of rotatable bonds is 3. The molecule has 0 aromatic heterocycles.